The highest BCUT2D eigenvalue weighted by Crippen LogP contribution is 2.36. The van der Waals surface area contributed by atoms with Gasteiger partial charge in [0, 0.05) is 12.1 Å². The maximum absolute atomic E-state index is 11.5. The van der Waals surface area contributed by atoms with Crippen LogP contribution in [0, 0.1) is 6.61 Å². The highest BCUT2D eigenvalue weighted by Gasteiger charge is 2.18. The molecule has 0 atom stereocenters. The van der Waals surface area contributed by atoms with E-state index in [0.717, 1.165) is 0 Å². The van der Waals surface area contributed by atoms with Crippen LogP contribution in [0.4, 0.5) is 10.5 Å². The van der Waals surface area contributed by atoms with Gasteiger partial charge in [0.1, 0.15) is 6.61 Å². The molecule has 6 heteroatoms. The first-order chi connectivity index (χ1) is 7.47. The van der Waals surface area contributed by atoms with E-state index in [1.165, 1.54) is 30.7 Å². The molecule has 0 N–H and O–H groups in total. The highest BCUT2D eigenvalue weighted by atomic mass is 35.5. The number of halogens is 3. The topological polar surface area (TPSA) is 29.5 Å². The van der Waals surface area contributed by atoms with Crippen molar-refractivity contribution < 1.29 is 9.53 Å². The Morgan fingerprint density at radius 1 is 1.31 bits per heavy atom. The second-order valence-corrected chi connectivity index (χ2v) is 4.15. The lowest BCUT2D eigenvalue weighted by molar-refractivity contribution is 0.182. The first-order valence-corrected chi connectivity index (χ1v) is 5.47. The molecule has 0 bridgehead atoms. The van der Waals surface area contributed by atoms with Crippen molar-refractivity contribution in [1.29, 1.82) is 0 Å². The first kappa shape index (κ1) is 13.4. The van der Waals surface area contributed by atoms with Gasteiger partial charge in [0.2, 0.25) is 0 Å². The van der Waals surface area contributed by atoms with Crippen molar-refractivity contribution in [2.75, 3.05) is 11.9 Å². The van der Waals surface area contributed by atoms with Gasteiger partial charge in [-0.15, -0.1) is 0 Å². The summed E-state index contributed by atoms with van der Waals surface area (Å²) in [7, 11) is 1.51. The molecule has 0 unspecified atom stereocenters. The Hall–Kier alpha value is -0.640. The van der Waals surface area contributed by atoms with Crippen molar-refractivity contribution in [2.24, 2.45) is 0 Å². The summed E-state index contributed by atoms with van der Waals surface area (Å²) in [5.41, 5.74) is 0.361. The van der Waals surface area contributed by atoms with Crippen LogP contribution in [0.1, 0.15) is 6.92 Å². The third-order valence-corrected chi connectivity index (χ3v) is 2.60. The quantitative estimate of drug-likeness (QED) is 0.804. The van der Waals surface area contributed by atoms with E-state index in [1.807, 2.05) is 0 Å². The number of hydrogen-bond acceptors (Lipinski definition) is 2. The number of benzene rings is 1. The second kappa shape index (κ2) is 5.62. The third-order valence-electron chi connectivity index (χ3n) is 1.81. The molecule has 87 valence electrons. The molecule has 1 rings (SSSR count). The molecule has 0 saturated heterocycles. The summed E-state index contributed by atoms with van der Waals surface area (Å²) in [6.45, 7) is 2.87. The molecule has 0 aromatic heterocycles. The standard InChI is InChI=1S/C10H9Cl3NO2/c1-3-16-10(15)14(2)9-7(12)4-6(11)5-8(9)13/h3-5H,1-2H3. The predicted molar refractivity (Wildman–Crippen MR) is 66.3 cm³/mol. The van der Waals surface area contributed by atoms with Crippen LogP contribution in [0.2, 0.25) is 15.1 Å². The second-order valence-electron chi connectivity index (χ2n) is 2.90. The normalized spacial score (nSPS) is 10.1. The fraction of sp³-hybridized carbons (Fsp3) is 0.200. The van der Waals surface area contributed by atoms with E-state index in [9.17, 15) is 4.79 Å². The Morgan fingerprint density at radius 2 is 1.81 bits per heavy atom. The number of carbonyl (C=O) groups excluding carboxylic acids is 1. The van der Waals surface area contributed by atoms with E-state index in [2.05, 4.69) is 0 Å². The molecule has 1 amide bonds. The first-order valence-electron chi connectivity index (χ1n) is 4.34. The maximum atomic E-state index is 11.5. The van der Waals surface area contributed by atoms with Crippen molar-refractivity contribution >= 4 is 46.6 Å². The molecule has 0 heterocycles. The monoisotopic (exact) mass is 280 g/mol. The average Bonchev–Trinajstić information content (AvgIpc) is 2.16. The minimum Gasteiger partial charge on any atom is -0.442 e. The molecule has 0 saturated carbocycles. The zero-order valence-corrected chi connectivity index (χ0v) is 10.9. The van der Waals surface area contributed by atoms with Gasteiger partial charge >= 0.3 is 6.09 Å². The molecule has 1 aromatic carbocycles. The Balaban J connectivity index is 3.08. The van der Waals surface area contributed by atoms with Crippen LogP contribution in [0.15, 0.2) is 12.1 Å². The van der Waals surface area contributed by atoms with E-state index >= 15 is 0 Å². The highest BCUT2D eigenvalue weighted by molar-refractivity contribution is 6.42. The Kier molecular flexibility index (Phi) is 4.71. The van der Waals surface area contributed by atoms with Gasteiger partial charge in [0.15, 0.2) is 0 Å². The van der Waals surface area contributed by atoms with Crippen molar-refractivity contribution in [2.45, 2.75) is 6.92 Å². The largest absolute Gasteiger partial charge is 0.442 e. The molecule has 3 nitrogen and oxygen atoms in total. The number of ether oxygens (including phenoxy) is 1. The lowest BCUT2D eigenvalue weighted by atomic mass is 10.3. The molecule has 0 spiro atoms. The third kappa shape index (κ3) is 2.94. The molecule has 16 heavy (non-hydrogen) atoms. The minimum atomic E-state index is -0.575. The van der Waals surface area contributed by atoms with Crippen LogP contribution in [0.5, 0.6) is 0 Å². The summed E-state index contributed by atoms with van der Waals surface area (Å²) >= 11 is 17.6. The van der Waals surface area contributed by atoms with E-state index in [-0.39, 0.29) is 10.0 Å². The van der Waals surface area contributed by atoms with E-state index < -0.39 is 6.09 Å². The fourth-order valence-electron chi connectivity index (χ4n) is 1.13. The van der Waals surface area contributed by atoms with Crippen molar-refractivity contribution in [3.8, 4) is 0 Å². The van der Waals surface area contributed by atoms with Crippen LogP contribution in [0.3, 0.4) is 0 Å². The predicted octanol–water partition coefficient (Wildman–Crippen LogP) is 4.40. The summed E-state index contributed by atoms with van der Waals surface area (Å²) in [6, 6.07) is 3.01. The van der Waals surface area contributed by atoms with E-state index in [4.69, 9.17) is 39.5 Å². The number of rotatable bonds is 2. The van der Waals surface area contributed by atoms with Crippen molar-refractivity contribution in [1.82, 2.24) is 0 Å². The zero-order valence-electron chi connectivity index (χ0n) is 8.63. The Bertz CT molecular complexity index is 386. The van der Waals surface area contributed by atoms with Crippen LogP contribution < -0.4 is 4.90 Å². The molecular weight excluding hydrogens is 272 g/mol. The Morgan fingerprint density at radius 3 is 2.25 bits per heavy atom. The SMILES string of the molecule is C[CH]OC(=O)N(C)c1c(Cl)cc(Cl)cc1Cl. The van der Waals surface area contributed by atoms with Crippen LogP contribution >= 0.6 is 34.8 Å². The minimum absolute atomic E-state index is 0.285. The van der Waals surface area contributed by atoms with Crippen molar-refractivity contribution in [3.63, 3.8) is 0 Å². The van der Waals surface area contributed by atoms with Gasteiger partial charge in [-0.05, 0) is 19.1 Å². The lowest BCUT2D eigenvalue weighted by Crippen LogP contribution is -2.26. The van der Waals surface area contributed by atoms with E-state index in [1.54, 1.807) is 6.92 Å². The Labute approximate surface area is 109 Å². The number of hydrogen-bond donors (Lipinski definition) is 0. The number of nitrogens with zero attached hydrogens (tertiary/aromatic N) is 1. The summed E-state index contributed by atoms with van der Waals surface area (Å²) < 4.78 is 4.71. The van der Waals surface area contributed by atoms with Gasteiger partial charge in [-0.3, -0.25) is 4.90 Å². The van der Waals surface area contributed by atoms with Gasteiger partial charge in [0.25, 0.3) is 0 Å². The van der Waals surface area contributed by atoms with Crippen LogP contribution in [-0.4, -0.2) is 13.1 Å². The van der Waals surface area contributed by atoms with E-state index in [0.29, 0.717) is 10.7 Å². The fourth-order valence-corrected chi connectivity index (χ4v) is 2.20. The van der Waals surface area contributed by atoms with Gasteiger partial charge < -0.3 is 4.74 Å². The summed E-state index contributed by atoms with van der Waals surface area (Å²) in [5, 5.41) is 0.976. The summed E-state index contributed by atoms with van der Waals surface area (Å²) in [5.74, 6) is 0. The lowest BCUT2D eigenvalue weighted by Gasteiger charge is -2.19. The molecule has 0 aliphatic carbocycles. The van der Waals surface area contributed by atoms with Gasteiger partial charge in [0.05, 0.1) is 15.7 Å². The molecule has 0 aliphatic rings. The summed E-state index contributed by atoms with van der Waals surface area (Å²) in [6.07, 6.45) is -0.575. The molecule has 1 radical (unpaired) electrons. The van der Waals surface area contributed by atoms with Gasteiger partial charge in [-0.25, -0.2) is 4.79 Å². The molecular formula is C10H9Cl3NO2. The molecule has 0 aliphatic heterocycles. The van der Waals surface area contributed by atoms with Gasteiger partial charge in [-0.1, -0.05) is 34.8 Å². The van der Waals surface area contributed by atoms with Crippen LogP contribution in [-0.2, 0) is 4.74 Å². The zero-order chi connectivity index (χ0) is 12.3. The number of carbonyl (C=O) groups is 1. The molecule has 1 aromatic rings. The average molecular weight is 282 g/mol. The van der Waals surface area contributed by atoms with Crippen molar-refractivity contribution in [3.05, 3.63) is 33.8 Å². The smallest absolute Gasteiger partial charge is 0.414 e. The summed E-state index contributed by atoms with van der Waals surface area (Å²) in [4.78, 5) is 12.7. The maximum Gasteiger partial charge on any atom is 0.414 e. The number of amides is 1. The number of anilines is 1. The molecule has 0 fully saturated rings. The van der Waals surface area contributed by atoms with Crippen LogP contribution in [0.25, 0.3) is 0 Å². The van der Waals surface area contributed by atoms with Gasteiger partial charge in [-0.2, -0.15) is 0 Å².